The fourth-order valence-electron chi connectivity index (χ4n) is 3.61. The van der Waals surface area contributed by atoms with Gasteiger partial charge in [-0.15, -0.1) is 0 Å². The van der Waals surface area contributed by atoms with Crippen LogP contribution in [0.15, 0.2) is 35.4 Å². The average Bonchev–Trinajstić information content (AvgIpc) is 3.16. The average molecular weight is 385 g/mol. The molecule has 1 fully saturated rings. The van der Waals surface area contributed by atoms with E-state index in [0.717, 1.165) is 19.5 Å². The van der Waals surface area contributed by atoms with Crippen LogP contribution in [-0.4, -0.2) is 58.5 Å². The molecule has 0 saturated carbocycles. The van der Waals surface area contributed by atoms with Crippen LogP contribution in [0.2, 0.25) is 0 Å². The number of likely N-dealkylation sites (N-methyl/N-ethyl adjacent to an activating group) is 1. The van der Waals surface area contributed by atoms with E-state index in [0.29, 0.717) is 23.5 Å². The SMILES string of the molecule is CCN1CCCC1CNC(=O)CCNC(=O)Cn1cnc2ccccc2c1=O. The number of amides is 2. The topological polar surface area (TPSA) is 96.3 Å². The second kappa shape index (κ2) is 9.45. The fraction of sp³-hybridized carbons (Fsp3) is 0.500. The van der Waals surface area contributed by atoms with Crippen LogP contribution in [0.3, 0.4) is 0 Å². The number of carbonyl (C=O) groups excluding carboxylic acids is 2. The molecule has 2 heterocycles. The molecule has 2 N–H and O–H groups in total. The van der Waals surface area contributed by atoms with Gasteiger partial charge >= 0.3 is 0 Å². The summed E-state index contributed by atoms with van der Waals surface area (Å²) >= 11 is 0. The highest BCUT2D eigenvalue weighted by Gasteiger charge is 2.22. The van der Waals surface area contributed by atoms with E-state index in [1.54, 1.807) is 18.2 Å². The number of para-hydroxylation sites is 1. The van der Waals surface area contributed by atoms with Gasteiger partial charge in [-0.3, -0.25) is 23.9 Å². The Morgan fingerprint density at radius 1 is 1.21 bits per heavy atom. The highest BCUT2D eigenvalue weighted by Crippen LogP contribution is 2.15. The highest BCUT2D eigenvalue weighted by atomic mass is 16.2. The van der Waals surface area contributed by atoms with Crippen LogP contribution >= 0.6 is 0 Å². The Labute approximate surface area is 163 Å². The summed E-state index contributed by atoms with van der Waals surface area (Å²) in [7, 11) is 0. The Hall–Kier alpha value is -2.74. The summed E-state index contributed by atoms with van der Waals surface area (Å²) in [6.07, 6.45) is 3.88. The molecule has 1 aliphatic rings. The molecule has 8 heteroatoms. The summed E-state index contributed by atoms with van der Waals surface area (Å²) in [4.78, 5) is 43.0. The lowest BCUT2D eigenvalue weighted by molar-refractivity contribution is -0.122. The van der Waals surface area contributed by atoms with Crippen molar-refractivity contribution in [1.82, 2.24) is 25.1 Å². The summed E-state index contributed by atoms with van der Waals surface area (Å²) in [5, 5.41) is 6.11. The van der Waals surface area contributed by atoms with Crippen LogP contribution in [0.1, 0.15) is 26.2 Å². The molecule has 0 spiro atoms. The summed E-state index contributed by atoms with van der Waals surface area (Å²) in [5.41, 5.74) is 0.347. The maximum absolute atomic E-state index is 12.4. The Morgan fingerprint density at radius 2 is 2.04 bits per heavy atom. The van der Waals surface area contributed by atoms with Crippen molar-refractivity contribution < 1.29 is 9.59 Å². The molecular formula is C20H27N5O3. The minimum Gasteiger partial charge on any atom is -0.354 e. The van der Waals surface area contributed by atoms with E-state index < -0.39 is 0 Å². The van der Waals surface area contributed by atoms with Gasteiger partial charge in [0.25, 0.3) is 5.56 Å². The smallest absolute Gasteiger partial charge is 0.261 e. The van der Waals surface area contributed by atoms with Crippen molar-refractivity contribution in [3.05, 3.63) is 40.9 Å². The van der Waals surface area contributed by atoms with Crippen LogP contribution < -0.4 is 16.2 Å². The van der Waals surface area contributed by atoms with E-state index >= 15 is 0 Å². The van der Waals surface area contributed by atoms with Crippen molar-refractivity contribution >= 4 is 22.7 Å². The van der Waals surface area contributed by atoms with Gasteiger partial charge in [-0.2, -0.15) is 0 Å². The van der Waals surface area contributed by atoms with Crippen molar-refractivity contribution in [2.45, 2.75) is 38.8 Å². The van der Waals surface area contributed by atoms with Gasteiger partial charge in [0, 0.05) is 25.6 Å². The lowest BCUT2D eigenvalue weighted by atomic mass is 10.2. The van der Waals surface area contributed by atoms with Gasteiger partial charge in [0.05, 0.1) is 17.2 Å². The number of hydrogen-bond acceptors (Lipinski definition) is 5. The zero-order chi connectivity index (χ0) is 19.9. The van der Waals surface area contributed by atoms with Gasteiger partial charge in [0.2, 0.25) is 11.8 Å². The van der Waals surface area contributed by atoms with Crippen LogP contribution in [0.25, 0.3) is 10.9 Å². The molecule has 0 aliphatic carbocycles. The first-order chi connectivity index (χ1) is 13.6. The fourth-order valence-corrected chi connectivity index (χ4v) is 3.61. The molecule has 1 unspecified atom stereocenters. The Kier molecular flexibility index (Phi) is 6.76. The van der Waals surface area contributed by atoms with Crippen LogP contribution in [0.4, 0.5) is 0 Å². The third-order valence-corrected chi connectivity index (χ3v) is 5.16. The molecule has 2 aromatic rings. The molecule has 1 saturated heterocycles. The third kappa shape index (κ3) is 4.95. The molecule has 1 atom stereocenters. The first-order valence-corrected chi connectivity index (χ1v) is 9.80. The molecular weight excluding hydrogens is 358 g/mol. The molecule has 2 amide bonds. The van der Waals surface area contributed by atoms with E-state index in [1.165, 1.54) is 17.3 Å². The number of nitrogens with one attached hydrogen (secondary N) is 2. The van der Waals surface area contributed by atoms with Gasteiger partial charge in [-0.25, -0.2) is 4.98 Å². The predicted octanol–water partition coefficient (Wildman–Crippen LogP) is 0.503. The molecule has 0 bridgehead atoms. The zero-order valence-corrected chi connectivity index (χ0v) is 16.2. The second-order valence-electron chi connectivity index (χ2n) is 7.02. The molecule has 150 valence electrons. The van der Waals surface area contributed by atoms with Crippen molar-refractivity contribution in [3.8, 4) is 0 Å². The molecule has 1 aliphatic heterocycles. The second-order valence-corrected chi connectivity index (χ2v) is 7.02. The lowest BCUT2D eigenvalue weighted by Crippen LogP contribution is -2.41. The van der Waals surface area contributed by atoms with E-state index in [-0.39, 0.29) is 36.9 Å². The number of nitrogens with zero attached hydrogens (tertiary/aromatic N) is 3. The number of carbonyl (C=O) groups is 2. The highest BCUT2D eigenvalue weighted by molar-refractivity contribution is 5.80. The third-order valence-electron chi connectivity index (χ3n) is 5.16. The minimum absolute atomic E-state index is 0.0761. The van der Waals surface area contributed by atoms with Gasteiger partial charge in [0.15, 0.2) is 0 Å². The van der Waals surface area contributed by atoms with E-state index in [2.05, 4.69) is 27.4 Å². The Bertz CT molecular complexity index is 895. The largest absolute Gasteiger partial charge is 0.354 e. The summed E-state index contributed by atoms with van der Waals surface area (Å²) in [6, 6.07) is 7.43. The Balaban J connectivity index is 1.41. The van der Waals surface area contributed by atoms with Crippen molar-refractivity contribution in [3.63, 3.8) is 0 Å². The molecule has 28 heavy (non-hydrogen) atoms. The number of hydrogen-bond donors (Lipinski definition) is 2. The number of likely N-dealkylation sites (tertiary alicyclic amines) is 1. The number of benzene rings is 1. The summed E-state index contributed by atoms with van der Waals surface area (Å²) < 4.78 is 1.27. The maximum atomic E-state index is 12.4. The normalized spacial score (nSPS) is 17.0. The summed E-state index contributed by atoms with van der Waals surface area (Å²) in [5.74, 6) is -0.396. The first kappa shape index (κ1) is 20.0. The van der Waals surface area contributed by atoms with Crippen LogP contribution in [0, 0.1) is 0 Å². The van der Waals surface area contributed by atoms with Crippen LogP contribution in [-0.2, 0) is 16.1 Å². The van der Waals surface area contributed by atoms with E-state index in [4.69, 9.17) is 0 Å². The number of aromatic nitrogens is 2. The molecule has 8 nitrogen and oxygen atoms in total. The van der Waals surface area contributed by atoms with Gasteiger partial charge in [0.1, 0.15) is 6.54 Å². The minimum atomic E-state index is -0.320. The number of fused-ring (bicyclic) bond motifs is 1. The standard InChI is InChI=1S/C20H27N5O3/c1-2-24-11-5-6-15(24)12-22-18(26)9-10-21-19(27)13-25-14-23-17-8-4-3-7-16(17)20(25)28/h3-4,7-8,14-15H,2,5-6,9-13H2,1H3,(H,21,27)(H,22,26). The monoisotopic (exact) mass is 385 g/mol. The van der Waals surface area contributed by atoms with E-state index in [1.807, 2.05) is 6.07 Å². The van der Waals surface area contributed by atoms with Gasteiger partial charge in [-0.05, 0) is 38.1 Å². The van der Waals surface area contributed by atoms with Crippen molar-refractivity contribution in [2.75, 3.05) is 26.2 Å². The number of rotatable bonds is 8. The lowest BCUT2D eigenvalue weighted by Gasteiger charge is -2.22. The molecule has 3 rings (SSSR count). The first-order valence-electron chi connectivity index (χ1n) is 9.80. The maximum Gasteiger partial charge on any atom is 0.261 e. The van der Waals surface area contributed by atoms with Crippen LogP contribution in [0.5, 0.6) is 0 Å². The quantitative estimate of drug-likeness (QED) is 0.690. The van der Waals surface area contributed by atoms with Gasteiger partial charge in [-0.1, -0.05) is 19.1 Å². The summed E-state index contributed by atoms with van der Waals surface area (Å²) in [6.45, 7) is 4.99. The molecule has 0 radical (unpaired) electrons. The van der Waals surface area contributed by atoms with Crippen molar-refractivity contribution in [1.29, 1.82) is 0 Å². The zero-order valence-electron chi connectivity index (χ0n) is 16.2. The van der Waals surface area contributed by atoms with Gasteiger partial charge < -0.3 is 10.6 Å². The molecule has 1 aromatic heterocycles. The van der Waals surface area contributed by atoms with E-state index in [9.17, 15) is 14.4 Å². The molecule has 1 aromatic carbocycles. The predicted molar refractivity (Wildman–Crippen MR) is 107 cm³/mol. The van der Waals surface area contributed by atoms with Crippen molar-refractivity contribution in [2.24, 2.45) is 0 Å². The Morgan fingerprint density at radius 3 is 2.86 bits per heavy atom.